The molecule has 0 unspecified atom stereocenters. The fraction of sp³-hybridized carbons (Fsp3) is 0.100. The molecule has 0 saturated heterocycles. The molecule has 0 bridgehead atoms. The van der Waals surface area contributed by atoms with Gasteiger partial charge in [0.2, 0.25) is 0 Å². The minimum Gasteiger partial charge on any atom is -0.289 e. The van der Waals surface area contributed by atoms with Crippen LogP contribution in [0.5, 0.6) is 0 Å². The Kier molecular flexibility index (Phi) is 2.74. The van der Waals surface area contributed by atoms with E-state index in [1.54, 1.807) is 22.8 Å². The predicted octanol–water partition coefficient (Wildman–Crippen LogP) is 3.39. The van der Waals surface area contributed by atoms with E-state index >= 15 is 0 Å². The van der Waals surface area contributed by atoms with E-state index in [9.17, 15) is 9.18 Å². The van der Waals surface area contributed by atoms with Gasteiger partial charge >= 0.3 is 0 Å². The summed E-state index contributed by atoms with van der Waals surface area (Å²) in [6, 6.07) is 4.32. The molecule has 0 aromatic heterocycles. The van der Waals surface area contributed by atoms with E-state index in [0.717, 1.165) is 4.90 Å². The lowest BCUT2D eigenvalue weighted by atomic mass is 10.1. The summed E-state index contributed by atoms with van der Waals surface area (Å²) in [5.74, 6) is 0.187. The van der Waals surface area contributed by atoms with E-state index in [0.29, 0.717) is 16.9 Å². The van der Waals surface area contributed by atoms with Gasteiger partial charge in [-0.05, 0) is 23.2 Å². The van der Waals surface area contributed by atoms with Crippen LogP contribution in [0, 0.1) is 5.82 Å². The van der Waals surface area contributed by atoms with Crippen molar-refractivity contribution in [1.29, 1.82) is 0 Å². The highest BCUT2D eigenvalue weighted by Crippen LogP contribution is 2.33. The number of rotatable bonds is 0. The van der Waals surface area contributed by atoms with Crippen LogP contribution in [0.1, 0.15) is 10.4 Å². The minimum absolute atomic E-state index is 0.0878. The normalized spacial score (nSPS) is 18.4. The fourth-order valence-electron chi connectivity index (χ4n) is 1.28. The van der Waals surface area contributed by atoms with Crippen molar-refractivity contribution < 1.29 is 9.18 Å². The summed E-state index contributed by atoms with van der Waals surface area (Å²) in [5, 5.41) is 0. The number of fused-ring (bicyclic) bond motifs is 1. The maximum atomic E-state index is 12.9. The van der Waals surface area contributed by atoms with Crippen LogP contribution < -0.4 is 0 Å². The summed E-state index contributed by atoms with van der Waals surface area (Å²) in [6.45, 7) is 0. The summed E-state index contributed by atoms with van der Waals surface area (Å²) in [6.07, 6.45) is 0. The highest BCUT2D eigenvalue weighted by atomic mass is 79.9. The van der Waals surface area contributed by atoms with Gasteiger partial charge in [-0.3, -0.25) is 4.79 Å². The molecular formula is C10H6BrFOS. The maximum Gasteiger partial charge on any atom is 0.191 e. The van der Waals surface area contributed by atoms with E-state index in [1.807, 2.05) is 0 Å². The summed E-state index contributed by atoms with van der Waals surface area (Å²) in [4.78, 5) is 14.2. The van der Waals surface area contributed by atoms with Crippen molar-refractivity contribution in [3.8, 4) is 0 Å². The number of hydrogen-bond acceptors (Lipinski definition) is 2. The van der Waals surface area contributed by atoms with Crippen molar-refractivity contribution >= 4 is 33.5 Å². The molecule has 0 N–H and O–H groups in total. The summed E-state index contributed by atoms with van der Waals surface area (Å²) >= 11 is 4.68. The first kappa shape index (κ1) is 9.93. The van der Waals surface area contributed by atoms with Crippen LogP contribution >= 0.6 is 27.7 Å². The van der Waals surface area contributed by atoms with E-state index in [2.05, 4.69) is 15.9 Å². The quantitative estimate of drug-likeness (QED) is 0.674. The van der Waals surface area contributed by atoms with Gasteiger partial charge in [-0.25, -0.2) is 4.39 Å². The Labute approximate surface area is 93.5 Å². The van der Waals surface area contributed by atoms with Crippen LogP contribution in [0.4, 0.5) is 4.39 Å². The van der Waals surface area contributed by atoms with Crippen LogP contribution in [-0.4, -0.2) is 11.5 Å². The van der Waals surface area contributed by atoms with E-state index in [1.165, 1.54) is 12.1 Å². The number of carbonyl (C=O) groups excluding carboxylic acids is 1. The van der Waals surface area contributed by atoms with Crippen molar-refractivity contribution in [2.45, 2.75) is 4.90 Å². The molecule has 72 valence electrons. The zero-order valence-corrected chi connectivity index (χ0v) is 9.49. The molecule has 0 amide bonds. The summed E-state index contributed by atoms with van der Waals surface area (Å²) in [5.41, 5.74) is 1.14. The Hall–Kier alpha value is -0.610. The molecule has 0 atom stereocenters. The van der Waals surface area contributed by atoms with Crippen LogP contribution in [0.15, 0.2) is 33.7 Å². The Morgan fingerprint density at radius 2 is 2.29 bits per heavy atom. The molecule has 0 aliphatic carbocycles. The van der Waals surface area contributed by atoms with Gasteiger partial charge in [-0.15, -0.1) is 11.8 Å². The van der Waals surface area contributed by atoms with E-state index in [4.69, 9.17) is 0 Å². The van der Waals surface area contributed by atoms with Crippen LogP contribution in [0.25, 0.3) is 0 Å². The van der Waals surface area contributed by atoms with Crippen molar-refractivity contribution in [3.05, 3.63) is 40.1 Å². The second-order valence-electron chi connectivity index (χ2n) is 2.89. The van der Waals surface area contributed by atoms with Crippen molar-refractivity contribution in [2.75, 3.05) is 5.75 Å². The molecule has 4 heteroatoms. The molecular weight excluding hydrogens is 267 g/mol. The first-order chi connectivity index (χ1) is 6.72. The van der Waals surface area contributed by atoms with Crippen LogP contribution in [-0.2, 0) is 0 Å². The number of hydrogen-bond donors (Lipinski definition) is 0. The molecule has 2 rings (SSSR count). The topological polar surface area (TPSA) is 17.1 Å². The molecule has 0 saturated carbocycles. The van der Waals surface area contributed by atoms with Crippen molar-refractivity contribution in [2.24, 2.45) is 0 Å². The Morgan fingerprint density at radius 1 is 1.50 bits per heavy atom. The zero-order chi connectivity index (χ0) is 10.1. The molecule has 1 aliphatic rings. The van der Waals surface area contributed by atoms with Gasteiger partial charge in [-0.2, -0.15) is 0 Å². The zero-order valence-electron chi connectivity index (χ0n) is 7.09. The molecule has 14 heavy (non-hydrogen) atoms. The van der Waals surface area contributed by atoms with E-state index < -0.39 is 0 Å². The van der Waals surface area contributed by atoms with Gasteiger partial charge in [0.05, 0.1) is 0 Å². The van der Waals surface area contributed by atoms with Crippen molar-refractivity contribution in [1.82, 2.24) is 0 Å². The van der Waals surface area contributed by atoms with Gasteiger partial charge in [0.25, 0.3) is 0 Å². The molecule has 0 spiro atoms. The molecule has 1 aliphatic heterocycles. The van der Waals surface area contributed by atoms with Gasteiger partial charge in [0, 0.05) is 21.8 Å². The Bertz CT molecular complexity index is 428. The smallest absolute Gasteiger partial charge is 0.191 e. The average molecular weight is 273 g/mol. The third kappa shape index (κ3) is 1.64. The van der Waals surface area contributed by atoms with Gasteiger partial charge in [0.1, 0.15) is 5.82 Å². The third-order valence-corrected chi connectivity index (χ3v) is 3.67. The Morgan fingerprint density at radius 3 is 3.00 bits per heavy atom. The number of carbonyl (C=O) groups is 1. The van der Waals surface area contributed by atoms with Crippen LogP contribution in [0.2, 0.25) is 0 Å². The number of thioether (sulfide) groups is 1. The second-order valence-corrected chi connectivity index (χ2v) is 4.37. The van der Waals surface area contributed by atoms with Gasteiger partial charge in [-0.1, -0.05) is 15.9 Å². The highest BCUT2D eigenvalue weighted by molar-refractivity contribution is 9.11. The first-order valence-electron chi connectivity index (χ1n) is 3.98. The summed E-state index contributed by atoms with van der Waals surface area (Å²) in [7, 11) is 0. The number of Topliss-reactive ketones (excluding diaryl/α,β-unsaturated/α-hetero) is 1. The Balaban J connectivity index is 2.54. The minimum atomic E-state index is -0.367. The monoisotopic (exact) mass is 272 g/mol. The average Bonchev–Trinajstić information content (AvgIpc) is 2.20. The molecule has 0 radical (unpaired) electrons. The molecule has 1 nitrogen and oxygen atoms in total. The SMILES string of the molecule is O=C1/C(=C/Br)CSc2ccc(F)cc21. The lowest BCUT2D eigenvalue weighted by molar-refractivity contribution is 0.103. The van der Waals surface area contributed by atoms with Gasteiger partial charge < -0.3 is 0 Å². The molecule has 1 aromatic rings. The van der Waals surface area contributed by atoms with E-state index in [-0.39, 0.29) is 11.6 Å². The lowest BCUT2D eigenvalue weighted by Gasteiger charge is -2.15. The largest absolute Gasteiger partial charge is 0.289 e. The first-order valence-corrected chi connectivity index (χ1v) is 5.89. The molecule has 0 fully saturated rings. The predicted molar refractivity (Wildman–Crippen MR) is 58.5 cm³/mol. The van der Waals surface area contributed by atoms with Crippen molar-refractivity contribution in [3.63, 3.8) is 0 Å². The number of ketones is 1. The molecule has 1 aromatic carbocycles. The second kappa shape index (κ2) is 3.87. The fourth-order valence-corrected chi connectivity index (χ4v) is 2.86. The number of halogens is 2. The van der Waals surface area contributed by atoms with Gasteiger partial charge in [0.15, 0.2) is 5.78 Å². The lowest BCUT2D eigenvalue weighted by Crippen LogP contribution is -2.12. The maximum absolute atomic E-state index is 12.9. The standard InChI is InChI=1S/C10H6BrFOS/c11-4-6-5-14-9-2-1-7(12)3-8(9)10(6)13/h1-4H,5H2/b6-4+. The molecule has 1 heterocycles. The summed E-state index contributed by atoms with van der Waals surface area (Å²) < 4.78 is 12.9. The third-order valence-electron chi connectivity index (χ3n) is 1.99. The number of benzene rings is 1. The highest BCUT2D eigenvalue weighted by Gasteiger charge is 2.22. The van der Waals surface area contributed by atoms with Crippen LogP contribution in [0.3, 0.4) is 0 Å².